The first-order chi connectivity index (χ1) is 8.22. The molecule has 1 aromatic rings. The molecule has 2 N–H and O–H groups in total. The molecule has 0 spiro atoms. The van der Waals surface area contributed by atoms with E-state index in [-0.39, 0.29) is 16.8 Å². The lowest BCUT2D eigenvalue weighted by atomic mass is 9.62. The molecule has 1 nitrogen and oxygen atoms in total. The Morgan fingerprint density at radius 1 is 1.28 bits per heavy atom. The van der Waals surface area contributed by atoms with Crippen molar-refractivity contribution in [2.24, 2.45) is 17.1 Å². The number of hydrogen-bond donors (Lipinski definition) is 1. The third-order valence-corrected chi connectivity index (χ3v) is 4.13. The molecule has 1 aromatic carbocycles. The molecule has 2 unspecified atom stereocenters. The van der Waals surface area contributed by atoms with E-state index < -0.39 is 0 Å². The molecule has 2 rings (SSSR count). The van der Waals surface area contributed by atoms with Crippen molar-refractivity contribution in [2.75, 3.05) is 0 Å². The Morgan fingerprint density at radius 2 is 1.94 bits per heavy atom. The average molecular weight is 249 g/mol. The molecule has 1 aliphatic rings. The standard InChI is InChI=1S/C16H24FN/c1-11-8-15(3,4)10-16(18,9-11)14-6-5-13(17)7-12(14)2/h5-7,11H,8-10,18H2,1-4H3. The summed E-state index contributed by atoms with van der Waals surface area (Å²) in [4.78, 5) is 0. The minimum absolute atomic E-state index is 0.178. The summed E-state index contributed by atoms with van der Waals surface area (Å²) in [6.07, 6.45) is 3.17. The molecule has 0 radical (unpaired) electrons. The fourth-order valence-electron chi connectivity index (χ4n) is 4.03. The summed E-state index contributed by atoms with van der Waals surface area (Å²) in [6, 6.07) is 5.00. The Hall–Kier alpha value is -0.890. The Balaban J connectivity index is 2.41. The number of hydrogen-bond acceptors (Lipinski definition) is 1. The van der Waals surface area contributed by atoms with Gasteiger partial charge in [-0.2, -0.15) is 0 Å². The average Bonchev–Trinajstić information content (AvgIpc) is 2.11. The Labute approximate surface area is 110 Å². The van der Waals surface area contributed by atoms with Gasteiger partial charge in [0.2, 0.25) is 0 Å². The van der Waals surface area contributed by atoms with Crippen LogP contribution in [-0.2, 0) is 5.54 Å². The van der Waals surface area contributed by atoms with E-state index in [0.717, 1.165) is 24.0 Å². The molecule has 1 aliphatic carbocycles. The molecule has 1 saturated carbocycles. The number of benzene rings is 1. The van der Waals surface area contributed by atoms with Crippen molar-refractivity contribution in [1.29, 1.82) is 0 Å². The summed E-state index contributed by atoms with van der Waals surface area (Å²) < 4.78 is 13.2. The van der Waals surface area contributed by atoms with E-state index in [9.17, 15) is 4.39 Å². The van der Waals surface area contributed by atoms with Gasteiger partial charge in [0.15, 0.2) is 0 Å². The summed E-state index contributed by atoms with van der Waals surface area (Å²) in [5.41, 5.74) is 8.71. The molecule has 100 valence electrons. The van der Waals surface area contributed by atoms with Crippen LogP contribution in [0.2, 0.25) is 0 Å². The summed E-state index contributed by atoms with van der Waals surface area (Å²) in [7, 11) is 0. The normalized spacial score (nSPS) is 31.3. The molecule has 0 amide bonds. The highest BCUT2D eigenvalue weighted by Crippen LogP contribution is 2.47. The molecule has 2 atom stereocenters. The van der Waals surface area contributed by atoms with Crippen molar-refractivity contribution in [2.45, 2.75) is 52.5 Å². The van der Waals surface area contributed by atoms with Crippen molar-refractivity contribution in [3.8, 4) is 0 Å². The van der Waals surface area contributed by atoms with Crippen LogP contribution >= 0.6 is 0 Å². The molecule has 0 saturated heterocycles. The van der Waals surface area contributed by atoms with Crippen LogP contribution in [0, 0.1) is 24.1 Å². The van der Waals surface area contributed by atoms with Crippen LogP contribution in [0.5, 0.6) is 0 Å². The van der Waals surface area contributed by atoms with Crippen LogP contribution in [-0.4, -0.2) is 0 Å². The lowest BCUT2D eigenvalue weighted by Gasteiger charge is -2.46. The Morgan fingerprint density at radius 3 is 2.50 bits per heavy atom. The van der Waals surface area contributed by atoms with Gasteiger partial charge in [-0.3, -0.25) is 0 Å². The predicted octanol–water partition coefficient (Wildman–Crippen LogP) is 4.13. The van der Waals surface area contributed by atoms with E-state index in [1.165, 1.54) is 12.5 Å². The van der Waals surface area contributed by atoms with Crippen LogP contribution in [0.25, 0.3) is 0 Å². The van der Waals surface area contributed by atoms with E-state index in [0.29, 0.717) is 5.92 Å². The van der Waals surface area contributed by atoms with Gasteiger partial charge >= 0.3 is 0 Å². The minimum Gasteiger partial charge on any atom is -0.321 e. The topological polar surface area (TPSA) is 26.0 Å². The van der Waals surface area contributed by atoms with E-state index in [1.807, 2.05) is 13.0 Å². The van der Waals surface area contributed by atoms with Crippen molar-refractivity contribution < 1.29 is 4.39 Å². The van der Waals surface area contributed by atoms with Crippen molar-refractivity contribution in [3.63, 3.8) is 0 Å². The van der Waals surface area contributed by atoms with Gasteiger partial charge < -0.3 is 5.73 Å². The highest BCUT2D eigenvalue weighted by atomic mass is 19.1. The fraction of sp³-hybridized carbons (Fsp3) is 0.625. The zero-order chi connectivity index (χ0) is 13.6. The summed E-state index contributed by atoms with van der Waals surface area (Å²) in [5, 5.41) is 0. The van der Waals surface area contributed by atoms with Crippen LogP contribution in [0.3, 0.4) is 0 Å². The second-order valence-corrected chi connectivity index (χ2v) is 6.97. The fourth-order valence-corrected chi connectivity index (χ4v) is 4.03. The quantitative estimate of drug-likeness (QED) is 0.795. The van der Waals surface area contributed by atoms with Gasteiger partial charge in [0.25, 0.3) is 0 Å². The molecule has 0 bridgehead atoms. The van der Waals surface area contributed by atoms with E-state index in [1.54, 1.807) is 6.07 Å². The largest absolute Gasteiger partial charge is 0.321 e. The zero-order valence-electron chi connectivity index (χ0n) is 11.9. The molecule has 0 heterocycles. The Kier molecular flexibility index (Phi) is 3.26. The summed E-state index contributed by atoms with van der Waals surface area (Å²) in [6.45, 7) is 8.78. The zero-order valence-corrected chi connectivity index (χ0v) is 11.9. The predicted molar refractivity (Wildman–Crippen MR) is 73.8 cm³/mol. The van der Waals surface area contributed by atoms with Gasteiger partial charge in [0.1, 0.15) is 5.82 Å². The first kappa shape index (κ1) is 13.5. The maximum atomic E-state index is 13.2. The lowest BCUT2D eigenvalue weighted by Crippen LogP contribution is -2.47. The smallest absolute Gasteiger partial charge is 0.123 e. The van der Waals surface area contributed by atoms with Crippen LogP contribution in [0.1, 0.15) is 51.2 Å². The molecular weight excluding hydrogens is 225 g/mol. The van der Waals surface area contributed by atoms with Gasteiger partial charge in [-0.15, -0.1) is 0 Å². The van der Waals surface area contributed by atoms with Gasteiger partial charge in [-0.25, -0.2) is 4.39 Å². The highest BCUT2D eigenvalue weighted by molar-refractivity contribution is 5.34. The maximum Gasteiger partial charge on any atom is 0.123 e. The van der Waals surface area contributed by atoms with Crippen molar-refractivity contribution in [1.82, 2.24) is 0 Å². The number of aryl methyl sites for hydroxylation is 1. The van der Waals surface area contributed by atoms with Gasteiger partial charge in [0, 0.05) is 5.54 Å². The Bertz CT molecular complexity index is 452. The third kappa shape index (κ3) is 2.59. The lowest BCUT2D eigenvalue weighted by molar-refractivity contribution is 0.107. The summed E-state index contributed by atoms with van der Waals surface area (Å²) in [5.74, 6) is 0.436. The first-order valence-corrected chi connectivity index (χ1v) is 6.77. The van der Waals surface area contributed by atoms with Crippen LogP contribution in [0.4, 0.5) is 4.39 Å². The monoisotopic (exact) mass is 249 g/mol. The highest BCUT2D eigenvalue weighted by Gasteiger charge is 2.41. The van der Waals surface area contributed by atoms with Crippen molar-refractivity contribution in [3.05, 3.63) is 35.1 Å². The van der Waals surface area contributed by atoms with E-state index in [4.69, 9.17) is 5.73 Å². The molecule has 0 aliphatic heterocycles. The van der Waals surface area contributed by atoms with Crippen LogP contribution in [0.15, 0.2) is 18.2 Å². The third-order valence-electron chi connectivity index (χ3n) is 4.13. The molecule has 0 aromatic heterocycles. The molecule has 1 fully saturated rings. The minimum atomic E-state index is -0.307. The van der Waals surface area contributed by atoms with Gasteiger partial charge in [-0.05, 0) is 60.8 Å². The number of halogens is 1. The van der Waals surface area contributed by atoms with E-state index >= 15 is 0 Å². The molecule has 18 heavy (non-hydrogen) atoms. The number of nitrogens with two attached hydrogens (primary N) is 1. The van der Waals surface area contributed by atoms with Gasteiger partial charge in [-0.1, -0.05) is 26.8 Å². The molecule has 2 heteroatoms. The van der Waals surface area contributed by atoms with Gasteiger partial charge in [0.05, 0.1) is 0 Å². The summed E-state index contributed by atoms with van der Waals surface area (Å²) >= 11 is 0. The van der Waals surface area contributed by atoms with Crippen LogP contribution < -0.4 is 5.73 Å². The first-order valence-electron chi connectivity index (χ1n) is 6.77. The van der Waals surface area contributed by atoms with Crippen molar-refractivity contribution >= 4 is 0 Å². The molecular formula is C16H24FN. The second kappa shape index (κ2) is 4.34. The maximum absolute atomic E-state index is 13.2. The SMILES string of the molecule is Cc1cc(F)ccc1C1(N)CC(C)CC(C)(C)C1. The second-order valence-electron chi connectivity index (χ2n) is 6.97. The number of rotatable bonds is 1. The van der Waals surface area contributed by atoms with E-state index in [2.05, 4.69) is 20.8 Å².